The van der Waals surface area contributed by atoms with Crippen molar-refractivity contribution in [2.45, 2.75) is 17.1 Å². The van der Waals surface area contributed by atoms with Crippen LogP contribution >= 0.6 is 22.9 Å². The highest BCUT2D eigenvalue weighted by molar-refractivity contribution is 7.91. The van der Waals surface area contributed by atoms with E-state index in [1.54, 1.807) is 0 Å². The predicted octanol–water partition coefficient (Wildman–Crippen LogP) is 1.93. The summed E-state index contributed by atoms with van der Waals surface area (Å²) in [5.41, 5.74) is -0.368. The van der Waals surface area contributed by atoms with Crippen LogP contribution in [0.1, 0.15) is 12.8 Å². The minimum atomic E-state index is -3.74. The van der Waals surface area contributed by atoms with Gasteiger partial charge in [-0.1, -0.05) is 11.6 Å². The second-order valence-electron chi connectivity index (χ2n) is 4.98. The highest BCUT2D eigenvalue weighted by atomic mass is 35.5. The van der Waals surface area contributed by atoms with Gasteiger partial charge in [-0.2, -0.15) is 4.31 Å². The number of hydrogen-bond donors (Lipinski definition) is 1. The van der Waals surface area contributed by atoms with Gasteiger partial charge in [-0.25, -0.2) is 8.42 Å². The zero-order valence-corrected chi connectivity index (χ0v) is 13.8. The van der Waals surface area contributed by atoms with E-state index >= 15 is 0 Å². The van der Waals surface area contributed by atoms with Crippen molar-refractivity contribution >= 4 is 38.6 Å². The Morgan fingerprint density at radius 2 is 2.33 bits per heavy atom. The molecule has 0 bridgehead atoms. The van der Waals surface area contributed by atoms with E-state index in [2.05, 4.69) is 5.32 Å². The van der Waals surface area contributed by atoms with Crippen LogP contribution in [0, 0.1) is 16.0 Å². The van der Waals surface area contributed by atoms with Crippen LogP contribution in [0.4, 0.5) is 5.69 Å². The van der Waals surface area contributed by atoms with E-state index in [-0.39, 0.29) is 20.2 Å². The largest absolute Gasteiger partial charge is 0.316 e. The van der Waals surface area contributed by atoms with E-state index < -0.39 is 14.9 Å². The standard InChI is InChI=1S/C11H16ClN3O4S2/c1-14(7-8-3-2-4-13-6-8)21(18,19)10-5-9(15(16)17)11(12)20-10/h5,8,13H,2-4,6-7H2,1H3. The summed E-state index contributed by atoms with van der Waals surface area (Å²) in [7, 11) is -2.25. The van der Waals surface area contributed by atoms with Gasteiger partial charge in [-0.05, 0) is 31.8 Å². The third-order valence-electron chi connectivity index (χ3n) is 3.42. The summed E-state index contributed by atoms with van der Waals surface area (Å²) >= 11 is 6.44. The van der Waals surface area contributed by atoms with Gasteiger partial charge in [-0.15, -0.1) is 11.3 Å². The lowest BCUT2D eigenvalue weighted by molar-refractivity contribution is -0.384. The highest BCUT2D eigenvalue weighted by Gasteiger charge is 2.30. The highest BCUT2D eigenvalue weighted by Crippen LogP contribution is 2.37. The smallest absolute Gasteiger partial charge is 0.300 e. The van der Waals surface area contributed by atoms with E-state index in [0.717, 1.165) is 43.3 Å². The lowest BCUT2D eigenvalue weighted by atomic mass is 10.00. The summed E-state index contributed by atoms with van der Waals surface area (Å²) in [6, 6.07) is 1.03. The SMILES string of the molecule is CN(CC1CCCNC1)S(=O)(=O)c1cc([N+](=O)[O-])c(Cl)s1. The van der Waals surface area contributed by atoms with Gasteiger partial charge in [0.25, 0.3) is 15.7 Å². The van der Waals surface area contributed by atoms with Gasteiger partial charge in [0.15, 0.2) is 4.34 Å². The number of sulfonamides is 1. The Morgan fingerprint density at radius 3 is 2.86 bits per heavy atom. The zero-order valence-electron chi connectivity index (χ0n) is 11.4. The van der Waals surface area contributed by atoms with Gasteiger partial charge in [0.1, 0.15) is 4.21 Å². The van der Waals surface area contributed by atoms with Crippen molar-refractivity contribution < 1.29 is 13.3 Å². The minimum Gasteiger partial charge on any atom is -0.316 e. The maximum Gasteiger partial charge on any atom is 0.300 e. The molecule has 2 heterocycles. The first kappa shape index (κ1) is 16.6. The average molecular weight is 354 g/mol. The van der Waals surface area contributed by atoms with Crippen LogP contribution in [0.5, 0.6) is 0 Å². The van der Waals surface area contributed by atoms with Gasteiger partial charge < -0.3 is 5.32 Å². The molecule has 0 radical (unpaired) electrons. The van der Waals surface area contributed by atoms with Crippen molar-refractivity contribution in [1.82, 2.24) is 9.62 Å². The van der Waals surface area contributed by atoms with E-state index in [9.17, 15) is 18.5 Å². The Morgan fingerprint density at radius 1 is 1.62 bits per heavy atom. The molecule has 0 aromatic carbocycles. The van der Waals surface area contributed by atoms with Gasteiger partial charge >= 0.3 is 0 Å². The van der Waals surface area contributed by atoms with Crippen LogP contribution in [0.25, 0.3) is 0 Å². The first-order valence-corrected chi connectivity index (χ1v) is 9.06. The number of rotatable bonds is 5. The molecular formula is C11H16ClN3O4S2. The van der Waals surface area contributed by atoms with Crippen molar-refractivity contribution in [2.75, 3.05) is 26.7 Å². The topological polar surface area (TPSA) is 92.6 Å². The van der Waals surface area contributed by atoms with E-state index in [1.165, 1.54) is 11.4 Å². The van der Waals surface area contributed by atoms with Crippen LogP contribution in [0.2, 0.25) is 4.34 Å². The molecule has 7 nitrogen and oxygen atoms in total. The van der Waals surface area contributed by atoms with Crippen LogP contribution < -0.4 is 5.32 Å². The summed E-state index contributed by atoms with van der Waals surface area (Å²) in [6.07, 6.45) is 1.99. The van der Waals surface area contributed by atoms with Crippen LogP contribution in [0.3, 0.4) is 0 Å². The molecule has 0 aliphatic carbocycles. The molecule has 1 aromatic rings. The minimum absolute atomic E-state index is 0.0922. The molecule has 1 atom stereocenters. The lowest BCUT2D eigenvalue weighted by Gasteiger charge is -2.26. The monoisotopic (exact) mass is 353 g/mol. The Kier molecular flexibility index (Phi) is 5.20. The second-order valence-corrected chi connectivity index (χ2v) is 8.91. The number of nitro groups is 1. The van der Waals surface area contributed by atoms with Crippen LogP contribution in [-0.2, 0) is 10.0 Å². The third-order valence-corrected chi connectivity index (χ3v) is 7.03. The number of thiophene rings is 1. The van der Waals surface area contributed by atoms with Crippen molar-refractivity contribution in [3.05, 3.63) is 20.5 Å². The lowest BCUT2D eigenvalue weighted by Crippen LogP contribution is -2.38. The number of hydrogen-bond acceptors (Lipinski definition) is 6. The first-order chi connectivity index (χ1) is 9.82. The maximum absolute atomic E-state index is 12.4. The summed E-state index contributed by atoms with van der Waals surface area (Å²) < 4.78 is 25.9. The Hall–Kier alpha value is -0.740. The van der Waals surface area contributed by atoms with E-state index in [1.807, 2.05) is 0 Å². The molecule has 118 valence electrons. The number of halogens is 1. The number of piperidine rings is 1. The molecule has 1 aliphatic rings. The average Bonchev–Trinajstić information content (AvgIpc) is 2.82. The Bertz CT molecular complexity index is 625. The Labute approximate surface area is 132 Å². The van der Waals surface area contributed by atoms with Crippen LogP contribution in [-0.4, -0.2) is 44.3 Å². The molecule has 10 heteroatoms. The van der Waals surface area contributed by atoms with E-state index in [0.29, 0.717) is 6.54 Å². The fourth-order valence-corrected chi connectivity index (χ4v) is 5.41. The van der Waals surface area contributed by atoms with Gasteiger partial charge in [0.2, 0.25) is 0 Å². The van der Waals surface area contributed by atoms with Crippen molar-refractivity contribution in [3.8, 4) is 0 Å². The number of nitrogens with one attached hydrogen (secondary N) is 1. The summed E-state index contributed by atoms with van der Waals surface area (Å²) in [5.74, 6) is 0.254. The van der Waals surface area contributed by atoms with Gasteiger partial charge in [-0.3, -0.25) is 10.1 Å². The van der Waals surface area contributed by atoms with Crippen molar-refractivity contribution in [3.63, 3.8) is 0 Å². The fraction of sp³-hybridized carbons (Fsp3) is 0.636. The summed E-state index contributed by atoms with van der Waals surface area (Å²) in [5, 5.41) is 14.0. The predicted molar refractivity (Wildman–Crippen MR) is 81.4 cm³/mol. The quantitative estimate of drug-likeness (QED) is 0.645. The summed E-state index contributed by atoms with van der Waals surface area (Å²) in [4.78, 5) is 10.1. The van der Waals surface area contributed by atoms with Crippen LogP contribution in [0.15, 0.2) is 10.3 Å². The molecule has 0 spiro atoms. The van der Waals surface area contributed by atoms with Gasteiger partial charge in [0, 0.05) is 19.7 Å². The molecule has 21 heavy (non-hydrogen) atoms. The summed E-state index contributed by atoms with van der Waals surface area (Å²) in [6.45, 7) is 2.13. The van der Waals surface area contributed by atoms with E-state index in [4.69, 9.17) is 11.6 Å². The molecule has 1 N–H and O–H groups in total. The molecule has 1 aliphatic heterocycles. The normalized spacial score (nSPS) is 19.9. The second kappa shape index (κ2) is 6.57. The van der Waals surface area contributed by atoms with Crippen molar-refractivity contribution in [1.29, 1.82) is 0 Å². The zero-order chi connectivity index (χ0) is 15.6. The molecular weight excluding hydrogens is 338 g/mol. The molecule has 1 unspecified atom stereocenters. The van der Waals surface area contributed by atoms with Crippen molar-refractivity contribution in [2.24, 2.45) is 5.92 Å². The molecule has 0 amide bonds. The molecule has 1 saturated heterocycles. The molecule has 0 saturated carbocycles. The Balaban J connectivity index is 2.16. The molecule has 1 aromatic heterocycles. The maximum atomic E-state index is 12.4. The molecule has 1 fully saturated rings. The number of nitrogens with zero attached hydrogens (tertiary/aromatic N) is 2. The van der Waals surface area contributed by atoms with Gasteiger partial charge in [0.05, 0.1) is 4.92 Å². The molecule has 2 rings (SSSR count). The third kappa shape index (κ3) is 3.72. The first-order valence-electron chi connectivity index (χ1n) is 6.43. The fourth-order valence-electron chi connectivity index (χ4n) is 2.29.